The number of ether oxygens (including phenoxy) is 1. The largest absolute Gasteiger partial charge is 0.444 e. The maximum Gasteiger partial charge on any atom is 0.407 e. The van der Waals surface area contributed by atoms with Gasteiger partial charge in [-0.25, -0.2) is 4.79 Å². The monoisotopic (exact) mass is 689 g/mol. The lowest BCUT2D eigenvalue weighted by molar-refractivity contribution is -0.143. The van der Waals surface area contributed by atoms with E-state index < -0.39 is 23.8 Å². The Hall–Kier alpha value is -2.79. The van der Waals surface area contributed by atoms with Gasteiger partial charge in [-0.05, 0) is 88.8 Å². The Morgan fingerprint density at radius 2 is 1.85 bits per heavy atom. The highest BCUT2D eigenvalue weighted by Gasteiger charge is 2.47. The Bertz CT molecular complexity index is 1390. The van der Waals surface area contributed by atoms with Gasteiger partial charge >= 0.3 is 6.09 Å². The van der Waals surface area contributed by atoms with Crippen molar-refractivity contribution in [1.82, 2.24) is 20.4 Å². The van der Waals surface area contributed by atoms with E-state index in [1.165, 1.54) is 17.3 Å². The average Bonchev–Trinajstić information content (AvgIpc) is 3.37. The summed E-state index contributed by atoms with van der Waals surface area (Å²) in [5.41, 5.74) is 1.38. The summed E-state index contributed by atoms with van der Waals surface area (Å²) in [4.78, 5) is 44.8. The second-order valence-electron chi connectivity index (χ2n) is 12.9. The van der Waals surface area contributed by atoms with Gasteiger partial charge in [0.15, 0.2) is 0 Å². The van der Waals surface area contributed by atoms with Gasteiger partial charge in [0.05, 0.1) is 21.1 Å². The fraction of sp³-hybridized carbons (Fsp3) is 0.529. The highest BCUT2D eigenvalue weighted by molar-refractivity contribution is 8.13. The molecule has 2 saturated heterocycles. The second kappa shape index (κ2) is 16.4. The number of halogens is 2. The number of carbonyl (C=O) groups excluding carboxylic acids is 3. The van der Waals surface area contributed by atoms with Crippen molar-refractivity contribution in [2.24, 2.45) is 0 Å². The zero-order valence-electron chi connectivity index (χ0n) is 27.0. The van der Waals surface area contributed by atoms with Gasteiger partial charge in [-0.15, -0.1) is 11.8 Å². The highest BCUT2D eigenvalue weighted by atomic mass is 35.5. The summed E-state index contributed by atoms with van der Waals surface area (Å²) < 4.78 is 5.52. The molecule has 2 heterocycles. The Labute approximate surface area is 286 Å². The number of thioether (sulfide) groups is 1. The molecule has 3 N–H and O–H groups in total. The SMILES string of the molecule is CSC(=N)CC[C@H](C(=O)NCc1ccc(Cl)c(Cl)c1)N1CCC(CCc2ccccc2)N2C[C@H](NC(=O)OC(C)(C)C)C[C@H]2C1=O. The summed E-state index contributed by atoms with van der Waals surface area (Å²) in [7, 11) is 0. The van der Waals surface area contributed by atoms with E-state index in [0.717, 1.165) is 18.4 Å². The van der Waals surface area contributed by atoms with Crippen LogP contribution in [0.2, 0.25) is 10.0 Å². The van der Waals surface area contributed by atoms with Crippen LogP contribution in [-0.4, -0.2) is 81.9 Å². The van der Waals surface area contributed by atoms with Crippen LogP contribution < -0.4 is 10.6 Å². The van der Waals surface area contributed by atoms with Crippen molar-refractivity contribution in [3.05, 3.63) is 69.7 Å². The third kappa shape index (κ3) is 10.1. The predicted molar refractivity (Wildman–Crippen MR) is 186 cm³/mol. The molecule has 2 fully saturated rings. The molecule has 4 rings (SSSR count). The van der Waals surface area contributed by atoms with E-state index in [0.29, 0.717) is 53.9 Å². The van der Waals surface area contributed by atoms with E-state index in [9.17, 15) is 14.4 Å². The topological polar surface area (TPSA) is 115 Å². The molecular formula is C34H45Cl2N5O4S. The summed E-state index contributed by atoms with van der Waals surface area (Å²) in [6.45, 7) is 6.63. The summed E-state index contributed by atoms with van der Waals surface area (Å²) in [5, 5.41) is 15.5. The molecule has 2 aromatic rings. The average molecular weight is 691 g/mol. The first-order valence-corrected chi connectivity index (χ1v) is 17.8. The van der Waals surface area contributed by atoms with Crippen molar-refractivity contribution in [3.8, 4) is 0 Å². The molecule has 0 spiro atoms. The summed E-state index contributed by atoms with van der Waals surface area (Å²) >= 11 is 13.6. The number of amides is 3. The van der Waals surface area contributed by atoms with Gasteiger partial charge in [-0.3, -0.25) is 19.9 Å². The lowest BCUT2D eigenvalue weighted by Crippen LogP contribution is -2.53. The highest BCUT2D eigenvalue weighted by Crippen LogP contribution is 2.31. The first-order chi connectivity index (χ1) is 21.8. The number of carbonyl (C=O) groups is 3. The molecule has 1 unspecified atom stereocenters. The number of nitrogens with one attached hydrogen (secondary N) is 3. The number of hydrogen-bond donors (Lipinski definition) is 3. The molecule has 4 atom stereocenters. The predicted octanol–water partition coefficient (Wildman–Crippen LogP) is 6.30. The standard InChI is InChI=1S/C34H45Cl2N5O4S/c1-34(2,3)45-33(44)39-24-19-29-32(43)40(17-16-25(41(29)21-24)12-10-22-8-6-5-7-9-22)28(14-15-30(37)46-4)31(42)38-20-23-11-13-26(35)27(36)18-23/h5-9,11,13,18,24-25,28-29,37H,10,12,14-17,19-21H2,1-4H3,(H,38,42)(H,39,44)/t24-,25?,28-,29+/m1/s1. The van der Waals surface area contributed by atoms with Crippen molar-refractivity contribution in [2.75, 3.05) is 19.3 Å². The van der Waals surface area contributed by atoms with Gasteiger partial charge in [0.25, 0.3) is 0 Å². The lowest BCUT2D eigenvalue weighted by atomic mass is 10.0. The van der Waals surface area contributed by atoms with Crippen LogP contribution >= 0.6 is 35.0 Å². The molecule has 250 valence electrons. The third-order valence-electron chi connectivity index (χ3n) is 8.43. The minimum Gasteiger partial charge on any atom is -0.444 e. The van der Waals surface area contributed by atoms with Crippen LogP contribution in [0.15, 0.2) is 48.5 Å². The molecule has 0 bridgehead atoms. The van der Waals surface area contributed by atoms with E-state index in [-0.39, 0.29) is 30.4 Å². The van der Waals surface area contributed by atoms with Crippen LogP contribution in [0.5, 0.6) is 0 Å². The normalized spacial score (nSPS) is 20.9. The molecule has 0 radical (unpaired) electrons. The molecule has 2 aromatic carbocycles. The fourth-order valence-corrected chi connectivity index (χ4v) is 6.84. The molecule has 2 aliphatic heterocycles. The zero-order chi connectivity index (χ0) is 33.4. The molecule has 46 heavy (non-hydrogen) atoms. The van der Waals surface area contributed by atoms with Crippen LogP contribution in [-0.2, 0) is 27.3 Å². The summed E-state index contributed by atoms with van der Waals surface area (Å²) in [6.07, 6.45) is 4.85. The van der Waals surface area contributed by atoms with Crippen LogP contribution in [0.3, 0.4) is 0 Å². The number of benzene rings is 2. The minimum atomic E-state index is -0.754. The quantitative estimate of drug-likeness (QED) is 0.189. The number of aryl methyl sites for hydroxylation is 1. The Morgan fingerprint density at radius 1 is 1.11 bits per heavy atom. The number of nitrogens with zero attached hydrogens (tertiary/aromatic N) is 2. The van der Waals surface area contributed by atoms with Crippen molar-refractivity contribution in [2.45, 2.75) is 95.6 Å². The van der Waals surface area contributed by atoms with Gasteiger partial charge < -0.3 is 20.3 Å². The van der Waals surface area contributed by atoms with E-state index in [4.69, 9.17) is 33.3 Å². The second-order valence-corrected chi connectivity index (χ2v) is 14.7. The van der Waals surface area contributed by atoms with Crippen molar-refractivity contribution >= 4 is 57.9 Å². The molecule has 0 aromatic heterocycles. The molecule has 0 saturated carbocycles. The van der Waals surface area contributed by atoms with E-state index >= 15 is 0 Å². The lowest BCUT2D eigenvalue weighted by Gasteiger charge is -2.32. The third-order valence-corrected chi connectivity index (χ3v) is 9.87. The van der Waals surface area contributed by atoms with Gasteiger partial charge in [-0.2, -0.15) is 0 Å². The summed E-state index contributed by atoms with van der Waals surface area (Å²) in [5.74, 6) is -0.398. The van der Waals surface area contributed by atoms with Crippen LogP contribution in [0.4, 0.5) is 4.79 Å². The van der Waals surface area contributed by atoms with Gasteiger partial charge in [0.1, 0.15) is 11.6 Å². The van der Waals surface area contributed by atoms with Crippen molar-refractivity contribution < 1.29 is 19.1 Å². The Kier molecular flexibility index (Phi) is 12.8. The molecular weight excluding hydrogens is 645 g/mol. The minimum absolute atomic E-state index is 0.0778. The maximum atomic E-state index is 14.4. The number of alkyl carbamates (subject to hydrolysis) is 1. The van der Waals surface area contributed by atoms with Gasteiger partial charge in [0.2, 0.25) is 11.8 Å². The van der Waals surface area contributed by atoms with Gasteiger partial charge in [0, 0.05) is 31.7 Å². The molecule has 9 nitrogen and oxygen atoms in total. The number of rotatable bonds is 11. The van der Waals surface area contributed by atoms with E-state index in [1.54, 1.807) is 23.1 Å². The first-order valence-electron chi connectivity index (χ1n) is 15.8. The maximum absolute atomic E-state index is 14.4. The Balaban J connectivity index is 1.56. The van der Waals surface area contributed by atoms with Crippen molar-refractivity contribution in [3.63, 3.8) is 0 Å². The van der Waals surface area contributed by atoms with Crippen LogP contribution in [0.25, 0.3) is 0 Å². The molecule has 0 aliphatic carbocycles. The molecule has 12 heteroatoms. The smallest absolute Gasteiger partial charge is 0.407 e. The zero-order valence-corrected chi connectivity index (χ0v) is 29.3. The van der Waals surface area contributed by atoms with Crippen molar-refractivity contribution in [1.29, 1.82) is 5.41 Å². The van der Waals surface area contributed by atoms with E-state index in [1.807, 2.05) is 45.2 Å². The number of hydrogen-bond acceptors (Lipinski definition) is 7. The molecule has 2 aliphatic rings. The number of fused-ring (bicyclic) bond motifs is 1. The fourth-order valence-electron chi connectivity index (χ4n) is 6.19. The molecule has 3 amide bonds. The van der Waals surface area contributed by atoms with Gasteiger partial charge in [-0.1, -0.05) is 59.6 Å². The van der Waals surface area contributed by atoms with E-state index in [2.05, 4.69) is 27.7 Å². The summed E-state index contributed by atoms with van der Waals surface area (Å²) in [6, 6.07) is 14.0. The van der Waals surface area contributed by atoms with Crippen LogP contribution in [0.1, 0.15) is 64.0 Å². The first kappa shape index (κ1) is 36.1. The Morgan fingerprint density at radius 3 is 2.52 bits per heavy atom. The van der Waals surface area contributed by atoms with Crippen LogP contribution in [0, 0.1) is 5.41 Å².